The molecule has 0 bridgehead atoms. The summed E-state index contributed by atoms with van der Waals surface area (Å²) >= 11 is 1.14. The van der Waals surface area contributed by atoms with E-state index in [1.54, 1.807) is 5.38 Å². The van der Waals surface area contributed by atoms with Crippen LogP contribution in [-0.2, 0) is 20.7 Å². The lowest BCUT2D eigenvalue weighted by atomic mass is 10.2. The zero-order chi connectivity index (χ0) is 15.9. The van der Waals surface area contributed by atoms with Crippen molar-refractivity contribution in [2.75, 3.05) is 12.4 Å². The molecule has 1 heterocycles. The normalized spacial score (nSPS) is 11.2. The second-order valence-electron chi connectivity index (χ2n) is 4.24. The number of aromatic nitrogens is 1. The van der Waals surface area contributed by atoms with Gasteiger partial charge in [0.15, 0.2) is 5.13 Å². The fourth-order valence-corrected chi connectivity index (χ4v) is 2.19. The van der Waals surface area contributed by atoms with Gasteiger partial charge in [-0.25, -0.2) is 4.98 Å². The third kappa shape index (κ3) is 7.64. The Bertz CT molecular complexity index is 488. The number of hydrogen-bond donors (Lipinski definition) is 1. The van der Waals surface area contributed by atoms with Crippen molar-refractivity contribution in [3.05, 3.63) is 11.1 Å². The standard InChI is InChI=1S/C12H15F3N2O3S/c1-20-10(19)4-2-3-8-7-21-11(16-8)17-9(18)5-6-12(13,14)15/h7H,2-6H2,1H3,(H,16,17,18). The molecular formula is C12H15F3N2O3S. The van der Waals surface area contributed by atoms with Crippen LogP contribution in [0, 0.1) is 0 Å². The summed E-state index contributed by atoms with van der Waals surface area (Å²) < 4.78 is 40.4. The summed E-state index contributed by atoms with van der Waals surface area (Å²) in [5.74, 6) is -1.03. The number of esters is 1. The smallest absolute Gasteiger partial charge is 0.389 e. The van der Waals surface area contributed by atoms with Crippen LogP contribution in [0.4, 0.5) is 18.3 Å². The molecule has 1 aromatic rings. The molecule has 0 radical (unpaired) electrons. The van der Waals surface area contributed by atoms with Gasteiger partial charge >= 0.3 is 12.1 Å². The lowest BCUT2D eigenvalue weighted by molar-refractivity contribution is -0.142. The maximum atomic E-state index is 12.0. The average Bonchev–Trinajstić information content (AvgIpc) is 2.83. The Labute approximate surface area is 123 Å². The molecule has 0 spiro atoms. The number of carbonyl (C=O) groups is 2. The van der Waals surface area contributed by atoms with E-state index in [0.717, 1.165) is 11.3 Å². The van der Waals surface area contributed by atoms with Crippen LogP contribution in [0.25, 0.3) is 0 Å². The van der Waals surface area contributed by atoms with Gasteiger partial charge in [0, 0.05) is 18.2 Å². The second-order valence-corrected chi connectivity index (χ2v) is 5.10. The molecular weight excluding hydrogens is 309 g/mol. The molecule has 0 aliphatic rings. The molecule has 1 rings (SSSR count). The molecule has 0 aromatic carbocycles. The van der Waals surface area contributed by atoms with Crippen LogP contribution in [0.2, 0.25) is 0 Å². The number of methoxy groups -OCH3 is 1. The summed E-state index contributed by atoms with van der Waals surface area (Å²) in [7, 11) is 1.31. The minimum atomic E-state index is -4.35. The predicted octanol–water partition coefficient (Wildman–Crippen LogP) is 2.92. The minimum Gasteiger partial charge on any atom is -0.469 e. The SMILES string of the molecule is COC(=O)CCCc1csc(NC(=O)CCC(F)(F)F)n1. The number of carbonyl (C=O) groups excluding carboxylic acids is 2. The van der Waals surface area contributed by atoms with Gasteiger partial charge in [0.1, 0.15) is 0 Å². The lowest BCUT2D eigenvalue weighted by Crippen LogP contribution is -2.16. The molecule has 0 aliphatic carbocycles. The van der Waals surface area contributed by atoms with E-state index in [0.29, 0.717) is 18.5 Å². The number of hydrogen-bond acceptors (Lipinski definition) is 5. The first kappa shape index (κ1) is 17.4. The molecule has 5 nitrogen and oxygen atoms in total. The first-order valence-corrected chi connectivity index (χ1v) is 7.06. The van der Waals surface area contributed by atoms with Gasteiger partial charge in [0.05, 0.1) is 19.2 Å². The molecule has 9 heteroatoms. The maximum Gasteiger partial charge on any atom is 0.389 e. The summed E-state index contributed by atoms with van der Waals surface area (Å²) in [5, 5.41) is 4.27. The number of thiazole rings is 1. The van der Waals surface area contributed by atoms with Crippen LogP contribution < -0.4 is 5.32 Å². The van der Waals surface area contributed by atoms with Crippen LogP contribution in [0.1, 0.15) is 31.4 Å². The van der Waals surface area contributed by atoms with Crippen molar-refractivity contribution < 1.29 is 27.5 Å². The first-order valence-electron chi connectivity index (χ1n) is 6.18. The van der Waals surface area contributed by atoms with Crippen molar-refractivity contribution in [2.24, 2.45) is 0 Å². The number of ether oxygens (including phenoxy) is 1. The summed E-state index contributed by atoms with van der Waals surface area (Å²) in [6.07, 6.45) is -4.78. The molecule has 0 fully saturated rings. The minimum absolute atomic E-state index is 0.259. The van der Waals surface area contributed by atoms with E-state index < -0.39 is 24.9 Å². The molecule has 0 aliphatic heterocycles. The van der Waals surface area contributed by atoms with E-state index in [2.05, 4.69) is 15.0 Å². The number of alkyl halides is 3. The van der Waals surface area contributed by atoms with Gasteiger partial charge in [-0.05, 0) is 12.8 Å². The Morgan fingerprint density at radius 1 is 1.38 bits per heavy atom. The van der Waals surface area contributed by atoms with Crippen molar-refractivity contribution in [1.82, 2.24) is 4.98 Å². The van der Waals surface area contributed by atoms with E-state index >= 15 is 0 Å². The van der Waals surface area contributed by atoms with Crippen LogP contribution in [0.3, 0.4) is 0 Å². The number of rotatable bonds is 7. The predicted molar refractivity (Wildman–Crippen MR) is 71.0 cm³/mol. The zero-order valence-electron chi connectivity index (χ0n) is 11.3. The molecule has 1 amide bonds. The van der Waals surface area contributed by atoms with Crippen molar-refractivity contribution in [1.29, 1.82) is 0 Å². The van der Waals surface area contributed by atoms with E-state index in [9.17, 15) is 22.8 Å². The Morgan fingerprint density at radius 3 is 2.71 bits per heavy atom. The number of nitrogens with zero attached hydrogens (tertiary/aromatic N) is 1. The third-order valence-electron chi connectivity index (χ3n) is 2.48. The number of halogens is 3. The first-order chi connectivity index (χ1) is 9.80. The van der Waals surface area contributed by atoms with Crippen molar-refractivity contribution in [3.8, 4) is 0 Å². The van der Waals surface area contributed by atoms with Crippen LogP contribution in [0.15, 0.2) is 5.38 Å². The molecule has 118 valence electrons. The van der Waals surface area contributed by atoms with E-state index in [1.807, 2.05) is 0 Å². The molecule has 0 atom stereocenters. The largest absolute Gasteiger partial charge is 0.469 e. The topological polar surface area (TPSA) is 68.3 Å². The van der Waals surface area contributed by atoms with Gasteiger partial charge in [-0.3, -0.25) is 9.59 Å². The van der Waals surface area contributed by atoms with Crippen LogP contribution in [0.5, 0.6) is 0 Å². The van der Waals surface area contributed by atoms with Gasteiger partial charge in [-0.1, -0.05) is 0 Å². The van der Waals surface area contributed by atoms with Crippen molar-refractivity contribution in [3.63, 3.8) is 0 Å². The molecule has 0 saturated carbocycles. The Morgan fingerprint density at radius 2 is 2.10 bits per heavy atom. The zero-order valence-corrected chi connectivity index (χ0v) is 12.1. The molecule has 1 aromatic heterocycles. The summed E-state index contributed by atoms with van der Waals surface area (Å²) in [5.41, 5.74) is 0.676. The quantitative estimate of drug-likeness (QED) is 0.783. The maximum absolute atomic E-state index is 12.0. The van der Waals surface area contributed by atoms with Crippen LogP contribution >= 0.6 is 11.3 Å². The Hall–Kier alpha value is -1.64. The monoisotopic (exact) mass is 324 g/mol. The van der Waals surface area contributed by atoms with E-state index in [1.165, 1.54) is 7.11 Å². The van der Waals surface area contributed by atoms with Gasteiger partial charge in [0.2, 0.25) is 5.91 Å². The summed E-state index contributed by atoms with van der Waals surface area (Å²) in [4.78, 5) is 26.3. The lowest BCUT2D eigenvalue weighted by Gasteiger charge is -2.05. The second kappa shape index (κ2) is 7.96. The van der Waals surface area contributed by atoms with Gasteiger partial charge < -0.3 is 10.1 Å². The third-order valence-corrected chi connectivity index (χ3v) is 3.28. The van der Waals surface area contributed by atoms with Crippen molar-refractivity contribution >= 4 is 28.3 Å². The van der Waals surface area contributed by atoms with Crippen LogP contribution in [-0.4, -0.2) is 30.1 Å². The number of aryl methyl sites for hydroxylation is 1. The number of amides is 1. The fraction of sp³-hybridized carbons (Fsp3) is 0.583. The average molecular weight is 324 g/mol. The summed E-state index contributed by atoms with van der Waals surface area (Å²) in [6, 6.07) is 0. The summed E-state index contributed by atoms with van der Waals surface area (Å²) in [6.45, 7) is 0. The highest BCUT2D eigenvalue weighted by Crippen LogP contribution is 2.22. The molecule has 0 unspecified atom stereocenters. The molecule has 1 N–H and O–H groups in total. The Balaban J connectivity index is 2.34. The van der Waals surface area contributed by atoms with E-state index in [4.69, 9.17) is 0 Å². The number of nitrogens with one attached hydrogen (secondary N) is 1. The molecule has 0 saturated heterocycles. The molecule has 21 heavy (non-hydrogen) atoms. The highest BCUT2D eigenvalue weighted by Gasteiger charge is 2.28. The van der Waals surface area contributed by atoms with Gasteiger partial charge in [-0.15, -0.1) is 11.3 Å². The van der Waals surface area contributed by atoms with E-state index in [-0.39, 0.29) is 17.5 Å². The van der Waals surface area contributed by atoms with Gasteiger partial charge in [-0.2, -0.15) is 13.2 Å². The van der Waals surface area contributed by atoms with Gasteiger partial charge in [0.25, 0.3) is 0 Å². The van der Waals surface area contributed by atoms with Crippen molar-refractivity contribution in [2.45, 2.75) is 38.3 Å². The highest BCUT2D eigenvalue weighted by atomic mass is 32.1. The highest BCUT2D eigenvalue weighted by molar-refractivity contribution is 7.13. The Kier molecular flexibility index (Phi) is 6.60. The number of anilines is 1. The fourth-order valence-electron chi connectivity index (χ4n) is 1.43.